The highest BCUT2D eigenvalue weighted by molar-refractivity contribution is 9.10. The zero-order chi connectivity index (χ0) is 33.8. The first-order valence-electron chi connectivity index (χ1n) is 15.6. The first kappa shape index (κ1) is 32.5. The maximum Gasteiger partial charge on any atom is 0.329 e. The van der Waals surface area contributed by atoms with Gasteiger partial charge < -0.3 is 0 Å². The van der Waals surface area contributed by atoms with Crippen molar-refractivity contribution in [1.29, 1.82) is 0 Å². The molecule has 2 aromatic heterocycles. The Kier molecular flexibility index (Phi) is 8.43. The Hall–Kier alpha value is -4.04. The van der Waals surface area contributed by atoms with Gasteiger partial charge in [-0.1, -0.05) is 58.4 Å². The van der Waals surface area contributed by atoms with Crippen LogP contribution in [0.5, 0.6) is 0 Å². The molecule has 48 heavy (non-hydrogen) atoms. The SMILES string of the molecule is CN1C(=O)N(c2ccc(Br)cc2)Cc2c1cnc1c2cc(-c2ccc(CN3CCC(S(C)(=O)=O)CC3)cc2)n1S(=O)(=O)c1ccccc1. The topological polar surface area (TPSA) is 113 Å². The van der Waals surface area contributed by atoms with E-state index in [0.29, 0.717) is 54.8 Å². The number of rotatable bonds is 7. The number of fused-ring (bicyclic) bond motifs is 3. The van der Waals surface area contributed by atoms with Crippen LogP contribution in [0, 0.1) is 0 Å². The molecule has 2 aliphatic rings. The first-order chi connectivity index (χ1) is 22.9. The molecule has 0 saturated carbocycles. The van der Waals surface area contributed by atoms with Gasteiger partial charge in [0.05, 0.1) is 34.3 Å². The Morgan fingerprint density at radius 2 is 1.56 bits per heavy atom. The number of hydrogen-bond acceptors (Lipinski definition) is 7. The molecule has 0 atom stereocenters. The van der Waals surface area contributed by atoms with Gasteiger partial charge in [-0.3, -0.25) is 14.7 Å². The van der Waals surface area contributed by atoms with Crippen molar-refractivity contribution in [2.24, 2.45) is 0 Å². The fraction of sp³-hybridized carbons (Fsp3) is 0.257. The van der Waals surface area contributed by atoms with Gasteiger partial charge in [-0.2, -0.15) is 0 Å². The molecular weight excluding hydrogens is 714 g/mol. The number of benzene rings is 3. The van der Waals surface area contributed by atoms with Crippen LogP contribution in [-0.4, -0.2) is 68.4 Å². The molecular formula is C35H34BrN5O5S2. The molecule has 13 heteroatoms. The average molecular weight is 749 g/mol. The molecule has 10 nitrogen and oxygen atoms in total. The smallest absolute Gasteiger partial charge is 0.299 e. The number of halogens is 1. The molecule has 0 aliphatic carbocycles. The van der Waals surface area contributed by atoms with Gasteiger partial charge in [-0.05, 0) is 79.5 Å². The fourth-order valence-corrected chi connectivity index (χ4v) is 9.46. The summed E-state index contributed by atoms with van der Waals surface area (Å²) >= 11 is 3.46. The molecule has 5 aromatic rings. The molecule has 0 N–H and O–H groups in total. The quantitative estimate of drug-likeness (QED) is 0.192. The Bertz CT molecular complexity index is 2230. The number of piperidine rings is 1. The second-order valence-electron chi connectivity index (χ2n) is 12.4. The monoisotopic (exact) mass is 747 g/mol. The number of amides is 2. The van der Waals surface area contributed by atoms with Crippen LogP contribution in [0.4, 0.5) is 16.2 Å². The molecule has 248 valence electrons. The van der Waals surface area contributed by atoms with Crippen LogP contribution in [0.1, 0.15) is 24.0 Å². The van der Waals surface area contributed by atoms with Gasteiger partial charge in [0.15, 0.2) is 5.65 Å². The lowest BCUT2D eigenvalue weighted by atomic mass is 10.0. The number of urea groups is 1. The van der Waals surface area contributed by atoms with Crippen LogP contribution in [-0.2, 0) is 33.0 Å². The van der Waals surface area contributed by atoms with Gasteiger partial charge in [0.2, 0.25) is 0 Å². The van der Waals surface area contributed by atoms with Crippen molar-refractivity contribution in [3.63, 3.8) is 0 Å². The standard InChI is InChI=1S/C35H34BrN5O5S2/c1-38-33-21-37-34-30(31(33)23-40(35(38)42)27-14-12-26(36)13-15-27)20-32(41(34)48(45,46)29-6-4-3-5-7-29)25-10-8-24(9-11-25)22-39-18-16-28(17-19-39)47(2,43)44/h3-15,20-21,28H,16-19,22-23H2,1-2H3. The van der Waals surface area contributed by atoms with Crippen molar-refractivity contribution in [3.05, 3.63) is 107 Å². The first-order valence-corrected chi connectivity index (χ1v) is 19.8. The molecule has 4 heterocycles. The summed E-state index contributed by atoms with van der Waals surface area (Å²) in [5, 5.41) is 0.352. The van der Waals surface area contributed by atoms with E-state index in [0.717, 1.165) is 21.3 Å². The molecule has 7 rings (SSSR count). The maximum atomic E-state index is 14.3. The summed E-state index contributed by atoms with van der Waals surface area (Å²) in [5.41, 5.74) is 4.63. The molecule has 1 fully saturated rings. The number of pyridine rings is 1. The number of carbonyl (C=O) groups is 1. The number of hydrogen-bond donors (Lipinski definition) is 0. The zero-order valence-corrected chi connectivity index (χ0v) is 29.7. The third-order valence-electron chi connectivity index (χ3n) is 9.29. The number of carbonyl (C=O) groups excluding carboxylic acids is 1. The maximum absolute atomic E-state index is 14.3. The molecule has 0 unspecified atom stereocenters. The van der Waals surface area contributed by atoms with Crippen molar-refractivity contribution in [2.45, 2.75) is 36.1 Å². The van der Waals surface area contributed by atoms with Crippen LogP contribution in [0.25, 0.3) is 22.3 Å². The minimum Gasteiger partial charge on any atom is -0.299 e. The third-order valence-corrected chi connectivity index (χ3v) is 13.2. The van der Waals surface area contributed by atoms with Crippen molar-refractivity contribution in [2.75, 3.05) is 36.2 Å². The van der Waals surface area contributed by atoms with Gasteiger partial charge in [-0.25, -0.2) is 30.6 Å². The third kappa shape index (κ3) is 5.93. The van der Waals surface area contributed by atoms with Gasteiger partial charge in [0.1, 0.15) is 9.84 Å². The summed E-state index contributed by atoms with van der Waals surface area (Å²) in [6, 6.07) is 25.2. The Morgan fingerprint density at radius 1 is 0.896 bits per heavy atom. The summed E-state index contributed by atoms with van der Waals surface area (Å²) in [4.78, 5) is 23.7. The van der Waals surface area contributed by atoms with E-state index in [1.165, 1.54) is 10.2 Å². The number of anilines is 2. The van der Waals surface area contributed by atoms with Gasteiger partial charge >= 0.3 is 6.03 Å². The van der Waals surface area contributed by atoms with Crippen molar-refractivity contribution >= 4 is 64.2 Å². The van der Waals surface area contributed by atoms with Crippen LogP contribution >= 0.6 is 15.9 Å². The van der Waals surface area contributed by atoms with E-state index < -0.39 is 19.9 Å². The molecule has 0 spiro atoms. The van der Waals surface area contributed by atoms with E-state index in [1.807, 2.05) is 54.6 Å². The van der Waals surface area contributed by atoms with E-state index in [-0.39, 0.29) is 28.4 Å². The average Bonchev–Trinajstić information content (AvgIpc) is 3.48. The van der Waals surface area contributed by atoms with Crippen LogP contribution < -0.4 is 9.80 Å². The van der Waals surface area contributed by atoms with Gasteiger partial charge in [0.25, 0.3) is 10.0 Å². The number of nitrogens with zero attached hydrogens (tertiary/aromatic N) is 5. The highest BCUT2D eigenvalue weighted by Gasteiger charge is 2.34. The molecule has 0 bridgehead atoms. The van der Waals surface area contributed by atoms with E-state index in [2.05, 4.69) is 25.8 Å². The molecule has 3 aromatic carbocycles. The molecule has 2 amide bonds. The van der Waals surface area contributed by atoms with Crippen LogP contribution in [0.2, 0.25) is 0 Å². The summed E-state index contributed by atoms with van der Waals surface area (Å²) in [6.07, 6.45) is 4.12. The van der Waals surface area contributed by atoms with Crippen molar-refractivity contribution < 1.29 is 21.6 Å². The molecule has 1 saturated heterocycles. The lowest BCUT2D eigenvalue weighted by Gasteiger charge is -2.35. The number of aromatic nitrogens is 2. The van der Waals surface area contributed by atoms with Crippen molar-refractivity contribution in [1.82, 2.24) is 13.9 Å². The Morgan fingerprint density at radius 3 is 2.21 bits per heavy atom. The highest BCUT2D eigenvalue weighted by Crippen LogP contribution is 2.39. The van der Waals surface area contributed by atoms with Crippen molar-refractivity contribution in [3.8, 4) is 11.3 Å². The Labute approximate surface area is 288 Å². The minimum atomic E-state index is -4.08. The predicted molar refractivity (Wildman–Crippen MR) is 191 cm³/mol. The second kappa shape index (κ2) is 12.4. The normalized spacial score (nSPS) is 16.4. The van der Waals surface area contributed by atoms with Crippen LogP contribution in [0.3, 0.4) is 0 Å². The summed E-state index contributed by atoms with van der Waals surface area (Å²) < 4.78 is 54.8. The summed E-state index contributed by atoms with van der Waals surface area (Å²) in [6.45, 7) is 2.31. The molecule has 2 aliphatic heterocycles. The largest absolute Gasteiger partial charge is 0.329 e. The lowest BCUT2D eigenvalue weighted by molar-refractivity contribution is 0.222. The van der Waals surface area contributed by atoms with Crippen LogP contribution in [0.15, 0.2) is 100 Å². The second-order valence-corrected chi connectivity index (χ2v) is 17.4. The van der Waals surface area contributed by atoms with E-state index in [1.54, 1.807) is 53.4 Å². The highest BCUT2D eigenvalue weighted by atomic mass is 79.9. The molecule has 0 radical (unpaired) electrons. The van der Waals surface area contributed by atoms with E-state index in [9.17, 15) is 21.6 Å². The van der Waals surface area contributed by atoms with Gasteiger partial charge in [-0.15, -0.1) is 0 Å². The zero-order valence-electron chi connectivity index (χ0n) is 26.5. The predicted octanol–water partition coefficient (Wildman–Crippen LogP) is 6.29. The Balaban J connectivity index is 1.30. The van der Waals surface area contributed by atoms with E-state index >= 15 is 0 Å². The summed E-state index contributed by atoms with van der Waals surface area (Å²) in [7, 11) is -5.42. The lowest BCUT2D eigenvalue weighted by Crippen LogP contribution is -2.45. The number of likely N-dealkylation sites (tertiary alicyclic amines) is 1. The number of sulfone groups is 1. The van der Waals surface area contributed by atoms with E-state index in [4.69, 9.17) is 0 Å². The summed E-state index contributed by atoms with van der Waals surface area (Å²) in [5.74, 6) is 0. The fourth-order valence-electron chi connectivity index (χ4n) is 6.63. The minimum absolute atomic E-state index is 0.140. The van der Waals surface area contributed by atoms with Gasteiger partial charge in [0, 0.05) is 41.0 Å².